The predicted molar refractivity (Wildman–Crippen MR) is 64.0 cm³/mol. The van der Waals surface area contributed by atoms with E-state index in [0.29, 0.717) is 18.8 Å². The fraction of sp³-hybridized carbons (Fsp3) is 0.500. The molecule has 0 amide bonds. The average molecular weight is 226 g/mol. The smallest absolute Gasteiger partial charge is 0.146 e. The maximum atomic E-state index is 13.6. The maximum Gasteiger partial charge on any atom is 0.146 e. The van der Waals surface area contributed by atoms with Crippen molar-refractivity contribution in [2.75, 3.05) is 24.5 Å². The van der Waals surface area contributed by atoms with Gasteiger partial charge in [-0.1, -0.05) is 12.1 Å². The fourth-order valence-electron chi connectivity index (χ4n) is 1.55. The topological polar surface area (TPSA) is 49.5 Å². The molecule has 4 heteroatoms. The monoisotopic (exact) mass is 226 g/mol. The number of anilines is 1. The number of benzene rings is 1. The summed E-state index contributed by atoms with van der Waals surface area (Å²) in [4.78, 5) is 1.78. The summed E-state index contributed by atoms with van der Waals surface area (Å²) in [6, 6.07) is 6.53. The lowest BCUT2D eigenvalue weighted by Gasteiger charge is -2.31. The Kier molecular flexibility index (Phi) is 4.26. The largest absolute Gasteiger partial charge is 0.387 e. The molecule has 0 fully saturated rings. The standard InChI is InChI=1S/C12H19FN2O/c1-3-15(9-12(2,16)8-14)11-7-5-4-6-10(11)13/h4-7,16H,3,8-9,14H2,1-2H3. The van der Waals surface area contributed by atoms with Crippen LogP contribution in [0.15, 0.2) is 24.3 Å². The quantitative estimate of drug-likeness (QED) is 0.797. The zero-order valence-electron chi connectivity index (χ0n) is 9.78. The van der Waals surface area contributed by atoms with Crippen LogP contribution in [0.1, 0.15) is 13.8 Å². The number of para-hydroxylation sites is 1. The molecule has 0 heterocycles. The van der Waals surface area contributed by atoms with Crippen molar-refractivity contribution in [3.63, 3.8) is 0 Å². The molecule has 3 N–H and O–H groups in total. The van der Waals surface area contributed by atoms with Crippen LogP contribution in [0.2, 0.25) is 0 Å². The third-order valence-electron chi connectivity index (χ3n) is 2.55. The minimum absolute atomic E-state index is 0.151. The van der Waals surface area contributed by atoms with Crippen LogP contribution in [0.3, 0.4) is 0 Å². The van der Waals surface area contributed by atoms with Crippen LogP contribution in [0.5, 0.6) is 0 Å². The molecule has 0 aliphatic carbocycles. The van der Waals surface area contributed by atoms with Crippen molar-refractivity contribution in [2.24, 2.45) is 5.73 Å². The van der Waals surface area contributed by atoms with Gasteiger partial charge in [0, 0.05) is 19.6 Å². The van der Waals surface area contributed by atoms with Crippen LogP contribution in [0.25, 0.3) is 0 Å². The van der Waals surface area contributed by atoms with E-state index in [4.69, 9.17) is 5.73 Å². The van der Waals surface area contributed by atoms with E-state index in [1.807, 2.05) is 6.92 Å². The van der Waals surface area contributed by atoms with E-state index < -0.39 is 5.60 Å². The van der Waals surface area contributed by atoms with Gasteiger partial charge in [0.25, 0.3) is 0 Å². The molecule has 1 rings (SSSR count). The maximum absolute atomic E-state index is 13.6. The number of nitrogens with zero attached hydrogens (tertiary/aromatic N) is 1. The zero-order valence-corrected chi connectivity index (χ0v) is 9.78. The molecule has 1 aromatic carbocycles. The van der Waals surface area contributed by atoms with Crippen LogP contribution in [0.4, 0.5) is 10.1 Å². The molecular weight excluding hydrogens is 207 g/mol. The SMILES string of the molecule is CCN(CC(C)(O)CN)c1ccccc1F. The highest BCUT2D eigenvalue weighted by molar-refractivity contribution is 5.47. The summed E-state index contributed by atoms with van der Waals surface area (Å²) in [5.41, 5.74) is 4.95. The van der Waals surface area contributed by atoms with E-state index in [2.05, 4.69) is 0 Å². The zero-order chi connectivity index (χ0) is 12.2. The van der Waals surface area contributed by atoms with Crippen LogP contribution in [-0.2, 0) is 0 Å². The van der Waals surface area contributed by atoms with E-state index in [-0.39, 0.29) is 12.4 Å². The Hall–Kier alpha value is -1.13. The Bertz CT molecular complexity index is 342. The second-order valence-electron chi connectivity index (χ2n) is 4.17. The summed E-state index contributed by atoms with van der Waals surface area (Å²) >= 11 is 0. The summed E-state index contributed by atoms with van der Waals surface area (Å²) in [6.45, 7) is 4.66. The highest BCUT2D eigenvalue weighted by Crippen LogP contribution is 2.20. The molecule has 0 spiro atoms. The van der Waals surface area contributed by atoms with E-state index in [1.54, 1.807) is 30.0 Å². The van der Waals surface area contributed by atoms with Crippen molar-refractivity contribution in [3.05, 3.63) is 30.1 Å². The first-order valence-corrected chi connectivity index (χ1v) is 5.42. The van der Waals surface area contributed by atoms with E-state index in [0.717, 1.165) is 0 Å². The Balaban J connectivity index is 2.87. The minimum Gasteiger partial charge on any atom is -0.387 e. The Morgan fingerprint density at radius 1 is 1.44 bits per heavy atom. The summed E-state index contributed by atoms with van der Waals surface area (Å²) in [6.07, 6.45) is 0. The number of nitrogens with two attached hydrogens (primary N) is 1. The summed E-state index contributed by atoms with van der Waals surface area (Å²) in [5.74, 6) is -0.280. The third kappa shape index (κ3) is 3.18. The van der Waals surface area contributed by atoms with Gasteiger partial charge in [-0.15, -0.1) is 0 Å². The van der Waals surface area contributed by atoms with Crippen molar-refractivity contribution in [3.8, 4) is 0 Å². The van der Waals surface area contributed by atoms with Gasteiger partial charge in [0.05, 0.1) is 11.3 Å². The second-order valence-corrected chi connectivity index (χ2v) is 4.17. The minimum atomic E-state index is -1.00. The van der Waals surface area contributed by atoms with Gasteiger partial charge in [0.2, 0.25) is 0 Å². The first kappa shape index (κ1) is 12.9. The van der Waals surface area contributed by atoms with Gasteiger partial charge in [0.15, 0.2) is 0 Å². The number of rotatable bonds is 5. The molecule has 0 saturated heterocycles. The molecule has 0 bridgehead atoms. The van der Waals surface area contributed by atoms with Gasteiger partial charge in [-0.25, -0.2) is 4.39 Å². The second kappa shape index (κ2) is 5.27. The average Bonchev–Trinajstić information content (AvgIpc) is 2.27. The van der Waals surface area contributed by atoms with Crippen LogP contribution in [0, 0.1) is 5.82 Å². The van der Waals surface area contributed by atoms with E-state index in [9.17, 15) is 9.50 Å². The van der Waals surface area contributed by atoms with Gasteiger partial charge in [-0.3, -0.25) is 0 Å². The molecule has 1 unspecified atom stereocenters. The lowest BCUT2D eigenvalue weighted by molar-refractivity contribution is 0.0761. The number of hydrogen-bond acceptors (Lipinski definition) is 3. The van der Waals surface area contributed by atoms with Gasteiger partial charge >= 0.3 is 0 Å². The van der Waals surface area contributed by atoms with Crippen molar-refractivity contribution in [1.82, 2.24) is 0 Å². The van der Waals surface area contributed by atoms with E-state index >= 15 is 0 Å². The summed E-state index contributed by atoms with van der Waals surface area (Å²) in [5, 5.41) is 9.89. The van der Waals surface area contributed by atoms with Crippen molar-refractivity contribution in [2.45, 2.75) is 19.4 Å². The molecular formula is C12H19FN2O. The summed E-state index contributed by atoms with van der Waals surface area (Å²) < 4.78 is 13.6. The van der Waals surface area contributed by atoms with Crippen molar-refractivity contribution >= 4 is 5.69 Å². The van der Waals surface area contributed by atoms with Gasteiger partial charge in [0.1, 0.15) is 5.82 Å². The fourth-order valence-corrected chi connectivity index (χ4v) is 1.55. The molecule has 16 heavy (non-hydrogen) atoms. The summed E-state index contributed by atoms with van der Waals surface area (Å²) in [7, 11) is 0. The van der Waals surface area contributed by atoms with Gasteiger partial charge in [-0.2, -0.15) is 0 Å². The molecule has 1 atom stereocenters. The lowest BCUT2D eigenvalue weighted by atomic mass is 10.1. The highest BCUT2D eigenvalue weighted by atomic mass is 19.1. The Morgan fingerprint density at radius 2 is 2.06 bits per heavy atom. The normalized spacial score (nSPS) is 14.6. The van der Waals surface area contributed by atoms with Gasteiger partial charge < -0.3 is 15.7 Å². The first-order valence-electron chi connectivity index (χ1n) is 5.42. The van der Waals surface area contributed by atoms with Crippen molar-refractivity contribution in [1.29, 1.82) is 0 Å². The number of hydrogen-bond donors (Lipinski definition) is 2. The molecule has 3 nitrogen and oxygen atoms in total. The van der Waals surface area contributed by atoms with Crippen LogP contribution >= 0.6 is 0 Å². The molecule has 90 valence electrons. The number of aliphatic hydroxyl groups is 1. The molecule has 1 aromatic rings. The van der Waals surface area contributed by atoms with Crippen molar-refractivity contribution < 1.29 is 9.50 Å². The van der Waals surface area contributed by atoms with E-state index in [1.165, 1.54) is 6.07 Å². The predicted octanol–water partition coefficient (Wildman–Crippen LogP) is 1.36. The van der Waals surface area contributed by atoms with Crippen LogP contribution in [-0.4, -0.2) is 30.3 Å². The molecule has 0 aliphatic heterocycles. The van der Waals surface area contributed by atoms with Gasteiger partial charge in [-0.05, 0) is 26.0 Å². The Labute approximate surface area is 95.7 Å². The number of halogens is 1. The molecule has 0 saturated carbocycles. The molecule has 0 radical (unpaired) electrons. The Morgan fingerprint density at radius 3 is 2.56 bits per heavy atom. The van der Waals surface area contributed by atoms with Crippen LogP contribution < -0.4 is 10.6 Å². The molecule has 0 aliphatic rings. The third-order valence-corrected chi connectivity index (χ3v) is 2.55. The molecule has 0 aromatic heterocycles. The number of likely N-dealkylation sites (N-methyl/N-ethyl adjacent to an activating group) is 1. The first-order chi connectivity index (χ1) is 7.50. The highest BCUT2D eigenvalue weighted by Gasteiger charge is 2.22. The lowest BCUT2D eigenvalue weighted by Crippen LogP contribution is -2.46.